The van der Waals surface area contributed by atoms with Crippen LogP contribution in [0.3, 0.4) is 0 Å². The second-order valence-corrected chi connectivity index (χ2v) is 5.78. The molecule has 1 aromatic carbocycles. The molecule has 1 aromatic rings. The van der Waals surface area contributed by atoms with Gasteiger partial charge in [0.05, 0.1) is 6.61 Å². The second kappa shape index (κ2) is 7.66. The molecule has 0 saturated carbocycles. The molecule has 0 bridgehead atoms. The number of piperidine rings is 1. The smallest absolute Gasteiger partial charge is 0.162 e. The minimum Gasteiger partial charge on any atom is -0.504 e. The first kappa shape index (κ1) is 16.1. The molecule has 4 heteroatoms. The molecule has 118 valence electrons. The Morgan fingerprint density at radius 1 is 1.29 bits per heavy atom. The van der Waals surface area contributed by atoms with E-state index in [0.29, 0.717) is 18.4 Å². The normalized spacial score (nSPS) is 17.3. The number of hydrogen-bond donors (Lipinski definition) is 1. The summed E-state index contributed by atoms with van der Waals surface area (Å²) in [7, 11) is 2.15. The topological polar surface area (TPSA) is 35.9 Å². The summed E-state index contributed by atoms with van der Waals surface area (Å²) in [6.45, 7) is 8.99. The zero-order valence-electron chi connectivity index (χ0n) is 13.5. The van der Waals surface area contributed by atoms with E-state index in [2.05, 4.69) is 23.8 Å². The number of nitrogens with zero attached hydrogens (tertiary/aromatic N) is 2. The summed E-state index contributed by atoms with van der Waals surface area (Å²) in [5.41, 5.74) is 0.946. The first-order valence-electron chi connectivity index (χ1n) is 8.02. The average Bonchev–Trinajstić information content (AvgIpc) is 2.51. The van der Waals surface area contributed by atoms with E-state index in [-0.39, 0.29) is 5.75 Å². The highest BCUT2D eigenvalue weighted by Gasteiger charge is 2.22. The Hall–Kier alpha value is -1.26. The van der Waals surface area contributed by atoms with Gasteiger partial charge in [0.1, 0.15) is 0 Å². The zero-order valence-corrected chi connectivity index (χ0v) is 13.5. The Bertz CT molecular complexity index is 442. The molecule has 2 rings (SSSR count). The molecule has 1 heterocycles. The maximum absolute atomic E-state index is 10.3. The Morgan fingerprint density at radius 2 is 2.00 bits per heavy atom. The van der Waals surface area contributed by atoms with E-state index in [0.717, 1.165) is 18.7 Å². The van der Waals surface area contributed by atoms with E-state index in [1.165, 1.54) is 25.9 Å². The van der Waals surface area contributed by atoms with E-state index in [1.54, 1.807) is 0 Å². The number of phenols is 1. The van der Waals surface area contributed by atoms with Crippen molar-refractivity contribution in [2.24, 2.45) is 0 Å². The quantitative estimate of drug-likeness (QED) is 0.874. The predicted molar refractivity (Wildman–Crippen MR) is 85.9 cm³/mol. The molecule has 0 aromatic heterocycles. The van der Waals surface area contributed by atoms with Gasteiger partial charge in [-0.25, -0.2) is 0 Å². The number of hydrogen-bond acceptors (Lipinski definition) is 4. The van der Waals surface area contributed by atoms with Crippen molar-refractivity contribution in [2.45, 2.75) is 39.3 Å². The maximum atomic E-state index is 10.3. The third kappa shape index (κ3) is 4.11. The minimum absolute atomic E-state index is 0.289. The summed E-state index contributed by atoms with van der Waals surface area (Å²) in [5, 5.41) is 10.3. The van der Waals surface area contributed by atoms with Crippen LogP contribution in [0.5, 0.6) is 11.5 Å². The van der Waals surface area contributed by atoms with E-state index in [4.69, 9.17) is 4.74 Å². The highest BCUT2D eigenvalue weighted by atomic mass is 16.5. The Labute approximate surface area is 128 Å². The molecule has 0 atom stereocenters. The van der Waals surface area contributed by atoms with Gasteiger partial charge in [-0.05, 0) is 52.5 Å². The third-order valence-corrected chi connectivity index (χ3v) is 4.43. The van der Waals surface area contributed by atoms with Crippen LogP contribution in [0.4, 0.5) is 0 Å². The summed E-state index contributed by atoms with van der Waals surface area (Å²) in [6, 6.07) is 6.36. The van der Waals surface area contributed by atoms with Crippen molar-refractivity contribution < 1.29 is 9.84 Å². The van der Waals surface area contributed by atoms with Crippen molar-refractivity contribution in [1.82, 2.24) is 9.80 Å². The van der Waals surface area contributed by atoms with E-state index in [9.17, 15) is 5.11 Å². The molecular formula is C17H28N2O2. The molecular weight excluding hydrogens is 264 g/mol. The summed E-state index contributed by atoms with van der Waals surface area (Å²) in [5.74, 6) is 0.876. The first-order valence-corrected chi connectivity index (χ1v) is 8.02. The number of likely N-dealkylation sites (tertiary alicyclic amines) is 1. The van der Waals surface area contributed by atoms with Crippen LogP contribution in [0.25, 0.3) is 0 Å². The van der Waals surface area contributed by atoms with Crippen molar-refractivity contribution >= 4 is 0 Å². The molecule has 1 aliphatic rings. The predicted octanol–water partition coefficient (Wildman–Crippen LogP) is 2.71. The number of ether oxygens (including phenoxy) is 1. The summed E-state index contributed by atoms with van der Waals surface area (Å²) < 4.78 is 5.46. The van der Waals surface area contributed by atoms with Crippen molar-refractivity contribution in [3.05, 3.63) is 23.8 Å². The van der Waals surface area contributed by atoms with Crippen molar-refractivity contribution in [1.29, 1.82) is 0 Å². The third-order valence-electron chi connectivity index (χ3n) is 4.43. The van der Waals surface area contributed by atoms with Crippen molar-refractivity contribution in [3.8, 4) is 11.5 Å². The fraction of sp³-hybridized carbons (Fsp3) is 0.647. The van der Waals surface area contributed by atoms with Crippen LogP contribution in [0.2, 0.25) is 0 Å². The fourth-order valence-electron chi connectivity index (χ4n) is 3.04. The molecule has 0 aliphatic carbocycles. The molecule has 4 nitrogen and oxygen atoms in total. The fourth-order valence-corrected chi connectivity index (χ4v) is 3.04. The van der Waals surface area contributed by atoms with E-state index in [1.807, 2.05) is 25.1 Å². The summed E-state index contributed by atoms with van der Waals surface area (Å²) in [4.78, 5) is 4.86. The highest BCUT2D eigenvalue weighted by Crippen LogP contribution is 2.31. The van der Waals surface area contributed by atoms with Gasteiger partial charge in [0.25, 0.3) is 0 Å². The number of para-hydroxylation sites is 1. The summed E-state index contributed by atoms with van der Waals surface area (Å²) >= 11 is 0. The van der Waals surface area contributed by atoms with Gasteiger partial charge in [-0.2, -0.15) is 0 Å². The Balaban J connectivity index is 1.96. The van der Waals surface area contributed by atoms with Gasteiger partial charge in [0.15, 0.2) is 11.5 Å². The van der Waals surface area contributed by atoms with E-state index < -0.39 is 0 Å². The number of aromatic hydroxyl groups is 1. The molecule has 1 fully saturated rings. The lowest BCUT2D eigenvalue weighted by Crippen LogP contribution is -2.42. The summed E-state index contributed by atoms with van der Waals surface area (Å²) in [6.07, 6.45) is 2.41. The molecule has 0 unspecified atom stereocenters. The molecule has 0 spiro atoms. The molecule has 21 heavy (non-hydrogen) atoms. The van der Waals surface area contributed by atoms with E-state index >= 15 is 0 Å². The van der Waals surface area contributed by atoms with Gasteiger partial charge >= 0.3 is 0 Å². The highest BCUT2D eigenvalue weighted by molar-refractivity contribution is 5.45. The van der Waals surface area contributed by atoms with Crippen LogP contribution < -0.4 is 4.74 Å². The number of rotatable bonds is 6. The second-order valence-electron chi connectivity index (χ2n) is 5.78. The average molecular weight is 292 g/mol. The lowest BCUT2D eigenvalue weighted by molar-refractivity contribution is 0.126. The van der Waals surface area contributed by atoms with Crippen LogP contribution in [-0.4, -0.2) is 54.2 Å². The SMILES string of the molecule is CCOc1cccc(CN(C)C2CCN(CC)CC2)c1O. The van der Waals surface area contributed by atoms with Gasteiger partial charge in [-0.1, -0.05) is 19.1 Å². The van der Waals surface area contributed by atoms with Crippen LogP contribution in [-0.2, 0) is 6.54 Å². The van der Waals surface area contributed by atoms with Gasteiger partial charge in [-0.15, -0.1) is 0 Å². The lowest BCUT2D eigenvalue weighted by Gasteiger charge is -2.36. The number of benzene rings is 1. The molecule has 0 radical (unpaired) electrons. The largest absolute Gasteiger partial charge is 0.504 e. The van der Waals surface area contributed by atoms with Gasteiger partial charge in [0, 0.05) is 18.2 Å². The van der Waals surface area contributed by atoms with Gasteiger partial charge in [0.2, 0.25) is 0 Å². The molecule has 1 N–H and O–H groups in total. The molecule has 1 aliphatic heterocycles. The number of phenolic OH excluding ortho intramolecular Hbond substituents is 1. The minimum atomic E-state index is 0.289. The van der Waals surface area contributed by atoms with Crippen LogP contribution in [0.15, 0.2) is 18.2 Å². The Morgan fingerprint density at radius 3 is 2.62 bits per heavy atom. The van der Waals surface area contributed by atoms with Crippen LogP contribution in [0, 0.1) is 0 Å². The first-order chi connectivity index (χ1) is 10.2. The maximum Gasteiger partial charge on any atom is 0.162 e. The van der Waals surface area contributed by atoms with Crippen LogP contribution in [0.1, 0.15) is 32.3 Å². The Kier molecular flexibility index (Phi) is 5.88. The van der Waals surface area contributed by atoms with Crippen molar-refractivity contribution in [2.75, 3.05) is 33.3 Å². The van der Waals surface area contributed by atoms with Crippen molar-refractivity contribution in [3.63, 3.8) is 0 Å². The monoisotopic (exact) mass is 292 g/mol. The molecule has 1 saturated heterocycles. The van der Waals surface area contributed by atoms with Gasteiger partial charge < -0.3 is 14.7 Å². The van der Waals surface area contributed by atoms with Gasteiger partial charge in [-0.3, -0.25) is 4.90 Å². The molecule has 0 amide bonds. The zero-order chi connectivity index (χ0) is 15.2. The standard InChI is InChI=1S/C17H28N2O2/c1-4-19-11-9-15(10-12-19)18(3)13-14-7-6-8-16(17(14)20)21-5-2/h6-8,15,20H,4-5,9-13H2,1-3H3. The van der Waals surface area contributed by atoms with Crippen LogP contribution >= 0.6 is 0 Å². The lowest BCUT2D eigenvalue weighted by atomic mass is 10.0.